The molecule has 28 heavy (non-hydrogen) atoms. The maximum atomic E-state index is 13.4. The Labute approximate surface area is 171 Å². The summed E-state index contributed by atoms with van der Waals surface area (Å²) in [4.78, 5) is 19.1. The molecular formula is C20H18Cl2FN3O2. The van der Waals surface area contributed by atoms with Crippen molar-refractivity contribution < 1.29 is 14.3 Å². The number of hydrogen-bond acceptors (Lipinski definition) is 3. The molecule has 146 valence electrons. The summed E-state index contributed by atoms with van der Waals surface area (Å²) in [5.74, 6) is -1.28. The lowest BCUT2D eigenvalue weighted by atomic mass is 10.0. The van der Waals surface area contributed by atoms with Gasteiger partial charge in [-0.2, -0.15) is 0 Å². The number of H-pyrrole nitrogens is 1. The van der Waals surface area contributed by atoms with E-state index in [0.29, 0.717) is 47.3 Å². The highest BCUT2D eigenvalue weighted by molar-refractivity contribution is 6.42. The number of piperazine rings is 1. The number of hydrogen-bond donors (Lipinski definition) is 2. The first-order valence-corrected chi connectivity index (χ1v) is 9.63. The first kappa shape index (κ1) is 19.1. The molecule has 0 aliphatic carbocycles. The summed E-state index contributed by atoms with van der Waals surface area (Å²) in [5, 5.41) is 11.6. The van der Waals surface area contributed by atoms with Gasteiger partial charge in [0.25, 0.3) is 0 Å². The summed E-state index contributed by atoms with van der Waals surface area (Å²) in [6.45, 7) is 2.48. The highest BCUT2D eigenvalue weighted by atomic mass is 35.5. The second-order valence-electron chi connectivity index (χ2n) is 6.80. The molecule has 8 heteroatoms. The largest absolute Gasteiger partial charge is 0.480 e. The van der Waals surface area contributed by atoms with E-state index in [1.807, 2.05) is 17.0 Å². The van der Waals surface area contributed by atoms with E-state index in [0.717, 1.165) is 11.1 Å². The first-order valence-electron chi connectivity index (χ1n) is 8.87. The third-order valence-corrected chi connectivity index (χ3v) is 5.89. The zero-order chi connectivity index (χ0) is 19.8. The highest BCUT2D eigenvalue weighted by Gasteiger charge is 2.32. The number of rotatable bonds is 4. The number of carbonyl (C=O) groups is 1. The van der Waals surface area contributed by atoms with Gasteiger partial charge in [-0.05, 0) is 36.4 Å². The minimum absolute atomic E-state index is 0.358. The van der Waals surface area contributed by atoms with Gasteiger partial charge in [-0.3, -0.25) is 9.69 Å². The van der Waals surface area contributed by atoms with Gasteiger partial charge in [0.1, 0.15) is 11.9 Å². The summed E-state index contributed by atoms with van der Waals surface area (Å²) >= 11 is 12.1. The Bertz CT molecular complexity index is 1030. The van der Waals surface area contributed by atoms with Gasteiger partial charge in [0, 0.05) is 54.5 Å². The zero-order valence-electron chi connectivity index (χ0n) is 14.8. The molecule has 0 spiro atoms. The van der Waals surface area contributed by atoms with Crippen LogP contribution in [0.15, 0.2) is 42.6 Å². The van der Waals surface area contributed by atoms with Gasteiger partial charge in [0.2, 0.25) is 0 Å². The molecule has 5 nitrogen and oxygen atoms in total. The lowest BCUT2D eigenvalue weighted by Crippen LogP contribution is -2.49. The summed E-state index contributed by atoms with van der Waals surface area (Å²) in [6, 6.07) is 9.04. The van der Waals surface area contributed by atoms with Crippen molar-refractivity contribution in [1.29, 1.82) is 0 Å². The molecule has 1 aromatic heterocycles. The van der Waals surface area contributed by atoms with Crippen molar-refractivity contribution in [3.63, 3.8) is 0 Å². The fourth-order valence-electron chi connectivity index (χ4n) is 3.75. The third kappa shape index (κ3) is 3.55. The monoisotopic (exact) mass is 421 g/mol. The van der Waals surface area contributed by atoms with Crippen LogP contribution in [-0.4, -0.2) is 47.1 Å². The van der Waals surface area contributed by atoms with Crippen molar-refractivity contribution in [1.82, 2.24) is 9.88 Å². The van der Waals surface area contributed by atoms with Gasteiger partial charge in [-0.1, -0.05) is 23.2 Å². The predicted molar refractivity (Wildman–Crippen MR) is 109 cm³/mol. The molecule has 1 fully saturated rings. The van der Waals surface area contributed by atoms with Crippen LogP contribution >= 0.6 is 23.2 Å². The normalized spacial score (nSPS) is 16.5. The Hall–Kier alpha value is -2.28. The molecule has 2 aromatic carbocycles. The van der Waals surface area contributed by atoms with Crippen LogP contribution in [0.5, 0.6) is 0 Å². The first-order chi connectivity index (χ1) is 13.4. The average molecular weight is 422 g/mol. The lowest BCUT2D eigenvalue weighted by molar-refractivity contribution is -0.143. The smallest absolute Gasteiger partial charge is 0.325 e. The van der Waals surface area contributed by atoms with Crippen LogP contribution in [-0.2, 0) is 4.79 Å². The number of aromatic amines is 1. The topological polar surface area (TPSA) is 59.6 Å². The van der Waals surface area contributed by atoms with E-state index in [9.17, 15) is 14.3 Å². The molecule has 0 radical (unpaired) electrons. The van der Waals surface area contributed by atoms with E-state index in [1.54, 1.807) is 18.3 Å². The Kier molecular flexibility index (Phi) is 5.19. The summed E-state index contributed by atoms with van der Waals surface area (Å²) < 4.78 is 13.4. The molecule has 1 atom stereocenters. The number of anilines is 1. The number of benzene rings is 2. The number of carboxylic acid groups (broad SMARTS) is 1. The molecule has 0 amide bonds. The van der Waals surface area contributed by atoms with Crippen molar-refractivity contribution in [2.75, 3.05) is 31.1 Å². The lowest BCUT2D eigenvalue weighted by Gasteiger charge is -2.38. The van der Waals surface area contributed by atoms with E-state index < -0.39 is 12.0 Å². The van der Waals surface area contributed by atoms with Crippen LogP contribution in [0.1, 0.15) is 11.6 Å². The number of halogens is 3. The SMILES string of the molecule is O=C(O)[C@H](c1c[nH]c2cc(F)ccc12)N1CCN(c2ccc(Cl)c(Cl)c2)CC1. The minimum Gasteiger partial charge on any atom is -0.480 e. The van der Waals surface area contributed by atoms with E-state index >= 15 is 0 Å². The summed E-state index contributed by atoms with van der Waals surface area (Å²) in [6.07, 6.45) is 1.66. The van der Waals surface area contributed by atoms with Crippen molar-refractivity contribution in [2.45, 2.75) is 6.04 Å². The van der Waals surface area contributed by atoms with Crippen LogP contribution in [0.25, 0.3) is 10.9 Å². The van der Waals surface area contributed by atoms with Gasteiger partial charge in [0.15, 0.2) is 0 Å². The second-order valence-corrected chi connectivity index (χ2v) is 7.61. The summed E-state index contributed by atoms with van der Waals surface area (Å²) in [5.41, 5.74) is 2.20. The summed E-state index contributed by atoms with van der Waals surface area (Å²) in [7, 11) is 0. The minimum atomic E-state index is -0.923. The van der Waals surface area contributed by atoms with Crippen molar-refractivity contribution >= 4 is 45.8 Å². The highest BCUT2D eigenvalue weighted by Crippen LogP contribution is 2.32. The molecule has 1 aliphatic heterocycles. The number of aromatic nitrogens is 1. The average Bonchev–Trinajstić information content (AvgIpc) is 3.07. The third-order valence-electron chi connectivity index (χ3n) is 5.15. The fraction of sp³-hybridized carbons (Fsp3) is 0.250. The maximum absolute atomic E-state index is 13.4. The van der Waals surface area contributed by atoms with Gasteiger partial charge in [-0.15, -0.1) is 0 Å². The molecule has 2 heterocycles. The number of nitrogens with one attached hydrogen (secondary N) is 1. The van der Waals surface area contributed by atoms with Gasteiger partial charge >= 0.3 is 5.97 Å². The van der Waals surface area contributed by atoms with Crippen molar-refractivity contribution in [3.8, 4) is 0 Å². The molecule has 0 bridgehead atoms. The Morgan fingerprint density at radius 3 is 2.50 bits per heavy atom. The standard InChI is InChI=1S/C20H18Cl2FN3O2/c21-16-4-2-13(10-17(16)22)25-5-7-26(8-6-25)19(20(27)28)15-11-24-18-9-12(23)1-3-14(15)18/h1-4,9-11,19,24H,5-8H2,(H,27,28)/t19-/m0/s1. The molecule has 3 aromatic rings. The van der Waals surface area contributed by atoms with E-state index in [-0.39, 0.29) is 5.82 Å². The molecule has 1 aliphatic rings. The van der Waals surface area contributed by atoms with Gasteiger partial charge in [0.05, 0.1) is 10.0 Å². The van der Waals surface area contributed by atoms with Gasteiger partial charge in [-0.25, -0.2) is 4.39 Å². The van der Waals surface area contributed by atoms with E-state index in [2.05, 4.69) is 9.88 Å². The molecule has 1 saturated heterocycles. The zero-order valence-corrected chi connectivity index (χ0v) is 16.3. The number of fused-ring (bicyclic) bond motifs is 1. The van der Waals surface area contributed by atoms with Gasteiger partial charge < -0.3 is 15.0 Å². The van der Waals surface area contributed by atoms with Crippen LogP contribution in [0.2, 0.25) is 10.0 Å². The Morgan fingerprint density at radius 1 is 1.07 bits per heavy atom. The second kappa shape index (κ2) is 7.62. The number of carboxylic acids is 1. The Morgan fingerprint density at radius 2 is 1.82 bits per heavy atom. The van der Waals surface area contributed by atoms with Crippen LogP contribution in [0, 0.1) is 5.82 Å². The molecule has 4 rings (SSSR count). The van der Waals surface area contributed by atoms with E-state index in [1.165, 1.54) is 12.1 Å². The molecule has 0 saturated carbocycles. The van der Waals surface area contributed by atoms with Crippen molar-refractivity contribution in [3.05, 3.63) is 64.0 Å². The van der Waals surface area contributed by atoms with E-state index in [4.69, 9.17) is 23.2 Å². The quantitative estimate of drug-likeness (QED) is 0.647. The van der Waals surface area contributed by atoms with Crippen LogP contribution < -0.4 is 4.90 Å². The number of aliphatic carboxylic acids is 1. The predicted octanol–water partition coefficient (Wildman–Crippen LogP) is 4.56. The number of nitrogens with zero attached hydrogens (tertiary/aromatic N) is 2. The molecule has 0 unspecified atom stereocenters. The Balaban J connectivity index is 1.55. The maximum Gasteiger partial charge on any atom is 0.325 e. The fourth-order valence-corrected chi connectivity index (χ4v) is 4.05. The van der Waals surface area contributed by atoms with Crippen LogP contribution in [0.4, 0.5) is 10.1 Å². The van der Waals surface area contributed by atoms with Crippen molar-refractivity contribution in [2.24, 2.45) is 0 Å². The molecule has 2 N–H and O–H groups in total. The molecular weight excluding hydrogens is 404 g/mol. The van der Waals surface area contributed by atoms with Crippen LogP contribution in [0.3, 0.4) is 0 Å².